The lowest BCUT2D eigenvalue weighted by molar-refractivity contribution is 0.161. The molecule has 0 aliphatic heterocycles. The zero-order valence-electron chi connectivity index (χ0n) is 10.0. The molecule has 0 unspecified atom stereocenters. The van der Waals surface area contributed by atoms with Gasteiger partial charge < -0.3 is 15.0 Å². The van der Waals surface area contributed by atoms with Crippen molar-refractivity contribution in [2.45, 2.75) is 6.54 Å². The number of rotatable bonds is 8. The first kappa shape index (κ1) is 13.0. The van der Waals surface area contributed by atoms with Crippen molar-refractivity contribution in [1.82, 2.24) is 20.2 Å². The Morgan fingerprint density at radius 1 is 1.31 bits per heavy atom. The van der Waals surface area contributed by atoms with Crippen molar-refractivity contribution < 1.29 is 4.74 Å². The SMILES string of the molecule is COCCN(C)CCNCc1cncnc1. The Bertz CT molecular complexity index is 268. The summed E-state index contributed by atoms with van der Waals surface area (Å²) in [6, 6.07) is 0. The molecule has 1 aromatic heterocycles. The molecule has 1 rings (SSSR count). The van der Waals surface area contributed by atoms with E-state index in [-0.39, 0.29) is 0 Å². The van der Waals surface area contributed by atoms with Crippen LogP contribution in [-0.2, 0) is 11.3 Å². The van der Waals surface area contributed by atoms with Gasteiger partial charge in [-0.1, -0.05) is 0 Å². The fourth-order valence-electron chi connectivity index (χ4n) is 1.28. The van der Waals surface area contributed by atoms with Gasteiger partial charge >= 0.3 is 0 Å². The molecule has 0 saturated carbocycles. The van der Waals surface area contributed by atoms with Crippen molar-refractivity contribution in [2.75, 3.05) is 40.4 Å². The van der Waals surface area contributed by atoms with Crippen molar-refractivity contribution in [2.24, 2.45) is 0 Å². The van der Waals surface area contributed by atoms with Gasteiger partial charge in [0.05, 0.1) is 6.61 Å². The number of nitrogens with zero attached hydrogens (tertiary/aromatic N) is 3. The van der Waals surface area contributed by atoms with Crippen LogP contribution in [0, 0.1) is 0 Å². The Labute approximate surface area is 96.8 Å². The van der Waals surface area contributed by atoms with Gasteiger partial charge in [0.1, 0.15) is 6.33 Å². The smallest absolute Gasteiger partial charge is 0.115 e. The van der Waals surface area contributed by atoms with Gasteiger partial charge in [0, 0.05) is 51.2 Å². The summed E-state index contributed by atoms with van der Waals surface area (Å²) < 4.78 is 5.01. The van der Waals surface area contributed by atoms with E-state index in [2.05, 4.69) is 27.2 Å². The van der Waals surface area contributed by atoms with Gasteiger partial charge in [0.15, 0.2) is 0 Å². The molecule has 0 saturated heterocycles. The Hall–Kier alpha value is -1.04. The lowest BCUT2D eigenvalue weighted by atomic mass is 10.3. The summed E-state index contributed by atoms with van der Waals surface area (Å²) in [5.41, 5.74) is 1.11. The second kappa shape index (κ2) is 8.15. The molecular formula is C11H20N4O. The van der Waals surface area contributed by atoms with Gasteiger partial charge in [0.2, 0.25) is 0 Å². The van der Waals surface area contributed by atoms with Crippen LogP contribution in [0.15, 0.2) is 18.7 Å². The highest BCUT2D eigenvalue weighted by Gasteiger charge is 1.97. The van der Waals surface area contributed by atoms with E-state index >= 15 is 0 Å². The second-order valence-electron chi connectivity index (χ2n) is 3.72. The molecule has 16 heavy (non-hydrogen) atoms. The molecule has 90 valence electrons. The average Bonchev–Trinajstić information content (AvgIpc) is 2.33. The van der Waals surface area contributed by atoms with E-state index in [1.54, 1.807) is 13.4 Å². The molecule has 0 aliphatic carbocycles. The minimum atomic E-state index is 0.781. The summed E-state index contributed by atoms with van der Waals surface area (Å²) in [5.74, 6) is 0. The predicted octanol–water partition coefficient (Wildman–Crippen LogP) is 0.144. The van der Waals surface area contributed by atoms with E-state index in [0.29, 0.717) is 0 Å². The van der Waals surface area contributed by atoms with Crippen LogP contribution < -0.4 is 5.32 Å². The topological polar surface area (TPSA) is 50.3 Å². The van der Waals surface area contributed by atoms with Crippen molar-refractivity contribution in [3.05, 3.63) is 24.3 Å². The van der Waals surface area contributed by atoms with Crippen molar-refractivity contribution in [1.29, 1.82) is 0 Å². The highest BCUT2D eigenvalue weighted by molar-refractivity contribution is 5.01. The Balaban J connectivity index is 2.03. The van der Waals surface area contributed by atoms with Crippen molar-refractivity contribution in [3.63, 3.8) is 0 Å². The molecule has 1 aromatic rings. The number of hydrogen-bond donors (Lipinski definition) is 1. The summed E-state index contributed by atoms with van der Waals surface area (Å²) in [4.78, 5) is 10.2. The van der Waals surface area contributed by atoms with E-state index in [9.17, 15) is 0 Å². The molecular weight excluding hydrogens is 204 g/mol. The van der Waals surface area contributed by atoms with E-state index in [4.69, 9.17) is 4.74 Å². The van der Waals surface area contributed by atoms with E-state index < -0.39 is 0 Å². The van der Waals surface area contributed by atoms with Crippen LogP contribution in [0.2, 0.25) is 0 Å². The van der Waals surface area contributed by atoms with Crippen LogP contribution in [0.3, 0.4) is 0 Å². The first-order valence-electron chi connectivity index (χ1n) is 5.45. The van der Waals surface area contributed by atoms with Crippen LogP contribution in [-0.4, -0.2) is 55.3 Å². The van der Waals surface area contributed by atoms with Crippen molar-refractivity contribution in [3.8, 4) is 0 Å². The zero-order valence-corrected chi connectivity index (χ0v) is 10.0. The number of methoxy groups -OCH3 is 1. The van der Waals surface area contributed by atoms with E-state index in [1.165, 1.54) is 0 Å². The quantitative estimate of drug-likeness (QED) is 0.637. The number of likely N-dealkylation sites (N-methyl/N-ethyl adjacent to an activating group) is 1. The van der Waals surface area contributed by atoms with Crippen LogP contribution >= 0.6 is 0 Å². The Morgan fingerprint density at radius 2 is 2.06 bits per heavy atom. The molecule has 0 aliphatic rings. The molecule has 5 nitrogen and oxygen atoms in total. The number of aromatic nitrogens is 2. The molecule has 0 radical (unpaired) electrons. The monoisotopic (exact) mass is 224 g/mol. The number of hydrogen-bond acceptors (Lipinski definition) is 5. The summed E-state index contributed by atoms with van der Waals surface area (Å²) in [6.45, 7) is 4.53. The molecule has 0 aromatic carbocycles. The molecule has 1 heterocycles. The summed E-state index contributed by atoms with van der Waals surface area (Å²) in [7, 11) is 3.81. The third kappa shape index (κ3) is 5.75. The van der Waals surface area contributed by atoms with Crippen LogP contribution in [0.25, 0.3) is 0 Å². The summed E-state index contributed by atoms with van der Waals surface area (Å²) in [6.07, 6.45) is 5.20. The lowest BCUT2D eigenvalue weighted by Crippen LogP contribution is -2.31. The first-order valence-corrected chi connectivity index (χ1v) is 5.45. The lowest BCUT2D eigenvalue weighted by Gasteiger charge is -2.16. The molecule has 0 spiro atoms. The van der Waals surface area contributed by atoms with E-state index in [1.807, 2.05) is 12.4 Å². The first-order chi connectivity index (χ1) is 7.83. The minimum absolute atomic E-state index is 0.781. The predicted molar refractivity (Wildman–Crippen MR) is 63.1 cm³/mol. The normalized spacial score (nSPS) is 10.9. The van der Waals surface area contributed by atoms with Gasteiger partial charge in [0.25, 0.3) is 0 Å². The summed E-state index contributed by atoms with van der Waals surface area (Å²) >= 11 is 0. The third-order valence-electron chi connectivity index (χ3n) is 2.29. The molecule has 5 heteroatoms. The maximum Gasteiger partial charge on any atom is 0.115 e. The Morgan fingerprint density at radius 3 is 2.75 bits per heavy atom. The Kier molecular flexibility index (Phi) is 6.64. The third-order valence-corrected chi connectivity index (χ3v) is 2.29. The fraction of sp³-hybridized carbons (Fsp3) is 0.636. The van der Waals surface area contributed by atoms with Gasteiger partial charge in [-0.25, -0.2) is 9.97 Å². The van der Waals surface area contributed by atoms with Crippen LogP contribution in [0.1, 0.15) is 5.56 Å². The molecule has 1 N–H and O–H groups in total. The van der Waals surface area contributed by atoms with E-state index in [0.717, 1.165) is 38.3 Å². The maximum absolute atomic E-state index is 5.01. The molecule has 0 amide bonds. The number of nitrogens with one attached hydrogen (secondary N) is 1. The molecule has 0 atom stereocenters. The highest BCUT2D eigenvalue weighted by atomic mass is 16.5. The minimum Gasteiger partial charge on any atom is -0.383 e. The van der Waals surface area contributed by atoms with Gasteiger partial charge in [-0.05, 0) is 7.05 Å². The average molecular weight is 224 g/mol. The van der Waals surface area contributed by atoms with Crippen LogP contribution in [0.4, 0.5) is 0 Å². The molecule has 0 bridgehead atoms. The zero-order chi connectivity index (χ0) is 11.6. The van der Waals surface area contributed by atoms with Gasteiger partial charge in [-0.15, -0.1) is 0 Å². The van der Waals surface area contributed by atoms with Gasteiger partial charge in [-0.2, -0.15) is 0 Å². The highest BCUT2D eigenvalue weighted by Crippen LogP contribution is 1.91. The molecule has 0 fully saturated rings. The fourth-order valence-corrected chi connectivity index (χ4v) is 1.28. The maximum atomic E-state index is 5.01. The van der Waals surface area contributed by atoms with Gasteiger partial charge in [-0.3, -0.25) is 0 Å². The summed E-state index contributed by atoms with van der Waals surface area (Å²) in [5, 5.41) is 3.35. The van der Waals surface area contributed by atoms with Crippen molar-refractivity contribution >= 4 is 0 Å². The largest absolute Gasteiger partial charge is 0.383 e. The second-order valence-corrected chi connectivity index (χ2v) is 3.72. The standard InChI is InChI=1S/C11H20N4O/c1-15(5-6-16-2)4-3-12-7-11-8-13-10-14-9-11/h8-10,12H,3-7H2,1-2H3. The number of ether oxygens (including phenoxy) is 1. The van der Waals surface area contributed by atoms with Crippen LogP contribution in [0.5, 0.6) is 0 Å².